The second kappa shape index (κ2) is 5.30. The van der Waals surface area contributed by atoms with Crippen LogP contribution in [0.3, 0.4) is 0 Å². The zero-order valence-corrected chi connectivity index (χ0v) is 9.26. The van der Waals surface area contributed by atoms with E-state index in [1.54, 1.807) is 6.92 Å². The van der Waals surface area contributed by atoms with Crippen molar-refractivity contribution in [2.75, 3.05) is 5.73 Å². The van der Waals surface area contributed by atoms with Gasteiger partial charge in [-0.05, 0) is 13.0 Å². The van der Waals surface area contributed by atoms with Gasteiger partial charge in [0.15, 0.2) is 11.6 Å². The van der Waals surface area contributed by atoms with Gasteiger partial charge in [-0.3, -0.25) is 4.79 Å². The molecule has 0 bridgehead atoms. The number of amides is 1. The van der Waals surface area contributed by atoms with Crippen LogP contribution in [0.2, 0.25) is 0 Å². The largest absolute Gasteiger partial charge is 0.398 e. The number of carbonyl (C=O) groups excluding carboxylic acids is 1. The topological polar surface area (TPSA) is 55.1 Å². The molecule has 0 aromatic heterocycles. The molecule has 90 valence electrons. The molecule has 0 heterocycles. The van der Waals surface area contributed by atoms with Crippen molar-refractivity contribution in [1.29, 1.82) is 0 Å². The van der Waals surface area contributed by atoms with E-state index in [1.165, 1.54) is 0 Å². The van der Waals surface area contributed by atoms with Crippen LogP contribution in [0.15, 0.2) is 12.1 Å². The fourth-order valence-corrected chi connectivity index (χ4v) is 1.29. The van der Waals surface area contributed by atoms with Crippen molar-refractivity contribution >= 4 is 11.6 Å². The molecular weight excluding hydrogens is 226 g/mol. The molecule has 3 nitrogen and oxygen atoms in total. The maximum absolute atomic E-state index is 13.0. The molecule has 0 saturated carbocycles. The molecular formula is C12H12F2N2O. The van der Waals surface area contributed by atoms with Crippen LogP contribution in [0, 0.1) is 24.0 Å². The van der Waals surface area contributed by atoms with E-state index in [2.05, 4.69) is 11.2 Å². The summed E-state index contributed by atoms with van der Waals surface area (Å²) in [6, 6.07) is 1.28. The Labute approximate surface area is 98.0 Å². The first-order valence-corrected chi connectivity index (χ1v) is 4.94. The van der Waals surface area contributed by atoms with Gasteiger partial charge in [0.2, 0.25) is 0 Å². The summed E-state index contributed by atoms with van der Waals surface area (Å²) in [5, 5.41) is 2.53. The Morgan fingerprint density at radius 2 is 2.12 bits per heavy atom. The van der Waals surface area contributed by atoms with Crippen molar-refractivity contribution in [1.82, 2.24) is 5.32 Å². The van der Waals surface area contributed by atoms with E-state index in [9.17, 15) is 13.6 Å². The minimum Gasteiger partial charge on any atom is -0.398 e. The van der Waals surface area contributed by atoms with Gasteiger partial charge in [-0.25, -0.2) is 8.78 Å². The fourth-order valence-electron chi connectivity index (χ4n) is 1.29. The van der Waals surface area contributed by atoms with Crippen LogP contribution in [0.1, 0.15) is 23.7 Å². The second-order valence-electron chi connectivity index (χ2n) is 3.64. The summed E-state index contributed by atoms with van der Waals surface area (Å²) >= 11 is 0. The van der Waals surface area contributed by atoms with E-state index in [0.717, 1.165) is 12.1 Å². The molecule has 1 aromatic carbocycles. The van der Waals surface area contributed by atoms with Gasteiger partial charge in [-0.15, -0.1) is 12.3 Å². The quantitative estimate of drug-likeness (QED) is 0.622. The first kappa shape index (κ1) is 13.0. The highest BCUT2D eigenvalue weighted by Gasteiger charge is 2.15. The molecule has 0 spiro atoms. The van der Waals surface area contributed by atoms with E-state index in [4.69, 9.17) is 12.2 Å². The lowest BCUT2D eigenvalue weighted by Crippen LogP contribution is -2.32. The number of nitrogen functional groups attached to an aromatic ring is 1. The molecule has 1 amide bonds. The Morgan fingerprint density at radius 1 is 1.53 bits per heavy atom. The highest BCUT2D eigenvalue weighted by molar-refractivity contribution is 5.99. The molecule has 5 heteroatoms. The lowest BCUT2D eigenvalue weighted by atomic mass is 10.1. The number of anilines is 1. The number of halogens is 2. The first-order valence-electron chi connectivity index (χ1n) is 4.94. The molecule has 0 saturated heterocycles. The third kappa shape index (κ3) is 3.18. The highest BCUT2D eigenvalue weighted by atomic mass is 19.2. The Morgan fingerprint density at radius 3 is 2.71 bits per heavy atom. The number of nitrogens with two attached hydrogens (primary N) is 1. The zero-order chi connectivity index (χ0) is 13.0. The van der Waals surface area contributed by atoms with E-state index < -0.39 is 17.5 Å². The molecule has 0 aliphatic heterocycles. The van der Waals surface area contributed by atoms with Gasteiger partial charge in [0, 0.05) is 24.2 Å². The summed E-state index contributed by atoms with van der Waals surface area (Å²) in [6.07, 6.45) is 5.42. The van der Waals surface area contributed by atoms with E-state index in [0.29, 0.717) is 6.42 Å². The molecule has 17 heavy (non-hydrogen) atoms. The molecule has 3 N–H and O–H groups in total. The normalized spacial score (nSPS) is 11.6. The average molecular weight is 238 g/mol. The van der Waals surface area contributed by atoms with Crippen molar-refractivity contribution in [3.05, 3.63) is 29.3 Å². The number of hydrogen-bond acceptors (Lipinski definition) is 2. The lowest BCUT2D eigenvalue weighted by Gasteiger charge is -2.12. The van der Waals surface area contributed by atoms with Crippen LogP contribution in [0.4, 0.5) is 14.5 Å². The lowest BCUT2D eigenvalue weighted by molar-refractivity contribution is 0.0941. The average Bonchev–Trinajstić information content (AvgIpc) is 2.23. The van der Waals surface area contributed by atoms with Crippen LogP contribution < -0.4 is 11.1 Å². The third-order valence-corrected chi connectivity index (χ3v) is 2.14. The van der Waals surface area contributed by atoms with Gasteiger partial charge in [-0.1, -0.05) is 0 Å². The molecule has 0 fully saturated rings. The summed E-state index contributed by atoms with van der Waals surface area (Å²) in [5.74, 6) is -0.404. The maximum Gasteiger partial charge on any atom is 0.253 e. The minimum absolute atomic E-state index is 0.104. The SMILES string of the molecule is C#CCC(C)NC(=O)c1cc(F)c(F)cc1N. The van der Waals surface area contributed by atoms with Crippen molar-refractivity contribution < 1.29 is 13.6 Å². The summed E-state index contributed by atoms with van der Waals surface area (Å²) in [6.45, 7) is 1.70. The molecule has 1 aromatic rings. The molecule has 0 aliphatic carbocycles. The van der Waals surface area contributed by atoms with Crippen LogP contribution in [0.25, 0.3) is 0 Å². The van der Waals surface area contributed by atoms with Crippen molar-refractivity contribution in [3.8, 4) is 12.3 Å². The molecule has 1 atom stereocenters. The summed E-state index contributed by atoms with van der Waals surface area (Å²) in [5.41, 5.74) is 5.21. The number of terminal acetylenes is 1. The van der Waals surface area contributed by atoms with Gasteiger partial charge in [-0.2, -0.15) is 0 Å². The fraction of sp³-hybridized carbons (Fsp3) is 0.250. The number of carbonyl (C=O) groups is 1. The highest BCUT2D eigenvalue weighted by Crippen LogP contribution is 2.17. The van der Waals surface area contributed by atoms with E-state index in [1.807, 2.05) is 0 Å². The Kier molecular flexibility index (Phi) is 4.05. The van der Waals surface area contributed by atoms with Crippen LogP contribution in [-0.2, 0) is 0 Å². The summed E-state index contributed by atoms with van der Waals surface area (Å²) < 4.78 is 25.8. The molecule has 0 aliphatic rings. The first-order chi connectivity index (χ1) is 7.95. The predicted octanol–water partition coefficient (Wildman–Crippen LogP) is 1.69. The van der Waals surface area contributed by atoms with Gasteiger partial charge in [0.1, 0.15) is 0 Å². The van der Waals surface area contributed by atoms with Gasteiger partial charge in [0.25, 0.3) is 5.91 Å². The number of benzene rings is 1. The van der Waals surface area contributed by atoms with Crippen molar-refractivity contribution in [3.63, 3.8) is 0 Å². The van der Waals surface area contributed by atoms with Crippen LogP contribution in [-0.4, -0.2) is 11.9 Å². The van der Waals surface area contributed by atoms with E-state index in [-0.39, 0.29) is 17.3 Å². The Hall–Kier alpha value is -2.09. The monoisotopic (exact) mass is 238 g/mol. The van der Waals surface area contributed by atoms with Crippen LogP contribution in [0.5, 0.6) is 0 Å². The molecule has 1 rings (SSSR count). The smallest absolute Gasteiger partial charge is 0.253 e. The van der Waals surface area contributed by atoms with Gasteiger partial charge < -0.3 is 11.1 Å². The zero-order valence-electron chi connectivity index (χ0n) is 9.26. The maximum atomic E-state index is 13.0. The Bertz CT molecular complexity index is 480. The number of nitrogens with one attached hydrogen (secondary N) is 1. The third-order valence-electron chi connectivity index (χ3n) is 2.14. The Balaban J connectivity index is 2.90. The molecule has 1 unspecified atom stereocenters. The second-order valence-corrected chi connectivity index (χ2v) is 3.64. The van der Waals surface area contributed by atoms with E-state index >= 15 is 0 Å². The van der Waals surface area contributed by atoms with Gasteiger partial charge >= 0.3 is 0 Å². The number of rotatable bonds is 3. The summed E-state index contributed by atoms with van der Waals surface area (Å²) in [7, 11) is 0. The van der Waals surface area contributed by atoms with Crippen molar-refractivity contribution in [2.45, 2.75) is 19.4 Å². The molecule has 0 radical (unpaired) electrons. The standard InChI is InChI=1S/C12H12F2N2O/c1-3-4-7(2)16-12(17)8-5-9(13)10(14)6-11(8)15/h1,5-7H,4,15H2,2H3,(H,16,17). The predicted molar refractivity (Wildman–Crippen MR) is 61.1 cm³/mol. The number of hydrogen-bond donors (Lipinski definition) is 2. The minimum atomic E-state index is -1.12. The summed E-state index contributed by atoms with van der Waals surface area (Å²) in [4.78, 5) is 11.7. The van der Waals surface area contributed by atoms with Crippen molar-refractivity contribution in [2.24, 2.45) is 0 Å². The van der Waals surface area contributed by atoms with Crippen LogP contribution >= 0.6 is 0 Å². The van der Waals surface area contributed by atoms with Gasteiger partial charge in [0.05, 0.1) is 5.56 Å².